The van der Waals surface area contributed by atoms with Crippen molar-refractivity contribution in [1.29, 1.82) is 0 Å². The van der Waals surface area contributed by atoms with E-state index >= 15 is 0 Å². The molecule has 0 N–H and O–H groups in total. The zero-order valence-corrected chi connectivity index (χ0v) is 11.5. The Hall–Kier alpha value is -0.170. The largest absolute Gasteiger partial charge is 0.378 e. The zero-order valence-electron chi connectivity index (χ0n) is 10.7. The lowest BCUT2D eigenvalue weighted by Crippen LogP contribution is -2.59. The molecule has 2 heterocycles. The van der Waals surface area contributed by atoms with Crippen LogP contribution in [0.25, 0.3) is 0 Å². The Bertz CT molecular complexity index is 361. The van der Waals surface area contributed by atoms with Gasteiger partial charge in [0.15, 0.2) is 0 Å². The highest BCUT2D eigenvalue weighted by Gasteiger charge is 2.42. The Labute approximate surface area is 104 Å². The van der Waals surface area contributed by atoms with Gasteiger partial charge in [-0.2, -0.15) is 17.0 Å². The minimum absolute atomic E-state index is 0.436. The van der Waals surface area contributed by atoms with Gasteiger partial charge in [0, 0.05) is 19.6 Å². The molecule has 0 aliphatic carbocycles. The molecule has 0 amide bonds. The maximum absolute atomic E-state index is 12.6. The summed E-state index contributed by atoms with van der Waals surface area (Å²) in [6.45, 7) is 6.61. The van der Waals surface area contributed by atoms with Crippen LogP contribution in [0.4, 0.5) is 0 Å². The predicted octanol–water partition coefficient (Wildman–Crippen LogP) is 0.828. The Morgan fingerprint density at radius 1 is 1.06 bits per heavy atom. The molecule has 0 spiro atoms. The third-order valence-electron chi connectivity index (χ3n) is 3.49. The van der Waals surface area contributed by atoms with Gasteiger partial charge in [-0.1, -0.05) is 6.42 Å². The molecule has 0 aromatic heterocycles. The van der Waals surface area contributed by atoms with E-state index in [1.165, 1.54) is 0 Å². The van der Waals surface area contributed by atoms with Crippen LogP contribution < -0.4 is 0 Å². The summed E-state index contributed by atoms with van der Waals surface area (Å²) in [6, 6.07) is 0. The number of piperidine rings is 1. The number of nitrogens with zero attached hydrogens (tertiary/aromatic N) is 2. The third kappa shape index (κ3) is 2.65. The molecule has 0 aromatic rings. The molecule has 0 aromatic carbocycles. The molecule has 0 unspecified atom stereocenters. The quantitative estimate of drug-likeness (QED) is 0.740. The first-order chi connectivity index (χ1) is 7.94. The highest BCUT2D eigenvalue weighted by atomic mass is 32.2. The molecule has 2 fully saturated rings. The van der Waals surface area contributed by atoms with Crippen molar-refractivity contribution in [3.05, 3.63) is 0 Å². The molecule has 0 atom stereocenters. The maximum atomic E-state index is 12.6. The van der Waals surface area contributed by atoms with Gasteiger partial charge in [-0.15, -0.1) is 0 Å². The van der Waals surface area contributed by atoms with Gasteiger partial charge in [-0.05, 0) is 26.7 Å². The fourth-order valence-electron chi connectivity index (χ4n) is 2.51. The molecule has 17 heavy (non-hydrogen) atoms. The van der Waals surface area contributed by atoms with Gasteiger partial charge in [0.25, 0.3) is 10.2 Å². The van der Waals surface area contributed by atoms with Gasteiger partial charge in [0.2, 0.25) is 0 Å². The van der Waals surface area contributed by atoms with Crippen molar-refractivity contribution in [3.8, 4) is 0 Å². The minimum Gasteiger partial charge on any atom is -0.378 e. The number of hydrogen-bond donors (Lipinski definition) is 0. The second-order valence-electron chi connectivity index (χ2n) is 5.40. The van der Waals surface area contributed by atoms with Crippen LogP contribution >= 0.6 is 0 Å². The van der Waals surface area contributed by atoms with Crippen molar-refractivity contribution in [2.75, 3.05) is 32.8 Å². The lowest BCUT2D eigenvalue weighted by molar-refractivity contribution is -0.0108. The van der Waals surface area contributed by atoms with Gasteiger partial charge in [0.05, 0.1) is 18.8 Å². The normalized spacial score (nSPS) is 28.1. The lowest BCUT2D eigenvalue weighted by atomic mass is 10.1. The second-order valence-corrected chi connectivity index (χ2v) is 7.26. The van der Waals surface area contributed by atoms with Crippen LogP contribution in [0.15, 0.2) is 0 Å². The Kier molecular flexibility index (Phi) is 3.77. The van der Waals surface area contributed by atoms with Crippen LogP contribution in [-0.2, 0) is 14.9 Å². The summed E-state index contributed by atoms with van der Waals surface area (Å²) in [7, 11) is -3.31. The fraction of sp³-hybridized carbons (Fsp3) is 1.00. The number of ether oxygens (including phenoxy) is 1. The molecule has 0 bridgehead atoms. The van der Waals surface area contributed by atoms with Gasteiger partial charge < -0.3 is 4.74 Å². The number of rotatable bonds is 2. The van der Waals surface area contributed by atoms with Crippen LogP contribution in [0.3, 0.4) is 0 Å². The van der Waals surface area contributed by atoms with Gasteiger partial charge in [-0.25, -0.2) is 0 Å². The molecule has 2 aliphatic heterocycles. The van der Waals surface area contributed by atoms with Crippen molar-refractivity contribution < 1.29 is 13.2 Å². The summed E-state index contributed by atoms with van der Waals surface area (Å²) in [5.74, 6) is 0. The van der Waals surface area contributed by atoms with E-state index in [4.69, 9.17) is 4.74 Å². The van der Waals surface area contributed by atoms with Crippen LogP contribution in [-0.4, -0.2) is 55.4 Å². The molecule has 2 rings (SSSR count). The van der Waals surface area contributed by atoms with E-state index < -0.39 is 15.7 Å². The third-order valence-corrected chi connectivity index (χ3v) is 5.74. The Balaban J connectivity index is 2.18. The van der Waals surface area contributed by atoms with Crippen LogP contribution in [0.2, 0.25) is 0 Å². The average molecular weight is 262 g/mol. The van der Waals surface area contributed by atoms with Crippen molar-refractivity contribution in [1.82, 2.24) is 8.61 Å². The average Bonchev–Trinajstić information content (AvgIpc) is 2.29. The SMILES string of the molecule is CC1(C)COCCN1S(=O)(=O)N1CCCCC1. The first-order valence-corrected chi connectivity index (χ1v) is 7.70. The smallest absolute Gasteiger partial charge is 0.282 e. The highest BCUT2D eigenvalue weighted by Crippen LogP contribution is 2.26. The maximum Gasteiger partial charge on any atom is 0.282 e. The molecule has 0 radical (unpaired) electrons. The molecule has 2 saturated heterocycles. The van der Waals surface area contributed by atoms with Gasteiger partial charge >= 0.3 is 0 Å². The van der Waals surface area contributed by atoms with Gasteiger partial charge in [-0.3, -0.25) is 0 Å². The molecule has 6 heteroatoms. The van der Waals surface area contributed by atoms with Crippen molar-refractivity contribution in [2.24, 2.45) is 0 Å². The zero-order chi connectivity index (χ0) is 12.5. The van der Waals surface area contributed by atoms with Gasteiger partial charge in [0.1, 0.15) is 0 Å². The first-order valence-electron chi connectivity index (χ1n) is 6.30. The molecule has 0 saturated carbocycles. The summed E-state index contributed by atoms with van der Waals surface area (Å²) in [5, 5.41) is 0. The molecule has 100 valence electrons. The minimum atomic E-state index is -3.31. The predicted molar refractivity (Wildman–Crippen MR) is 65.9 cm³/mol. The molecular weight excluding hydrogens is 240 g/mol. The topological polar surface area (TPSA) is 49.9 Å². The van der Waals surface area contributed by atoms with E-state index in [2.05, 4.69) is 0 Å². The molecular formula is C11H22N2O3S. The van der Waals surface area contributed by atoms with Crippen LogP contribution in [0.1, 0.15) is 33.1 Å². The van der Waals surface area contributed by atoms with E-state index in [0.29, 0.717) is 32.8 Å². The highest BCUT2D eigenvalue weighted by molar-refractivity contribution is 7.86. The first kappa shape index (κ1) is 13.3. The summed E-state index contributed by atoms with van der Waals surface area (Å²) < 4.78 is 33.7. The number of morpholine rings is 1. The van der Waals surface area contributed by atoms with Crippen LogP contribution in [0, 0.1) is 0 Å². The summed E-state index contributed by atoms with van der Waals surface area (Å²) in [4.78, 5) is 0. The van der Waals surface area contributed by atoms with E-state index in [0.717, 1.165) is 19.3 Å². The summed E-state index contributed by atoms with van der Waals surface area (Å²) in [5.41, 5.74) is -0.436. The van der Waals surface area contributed by atoms with Crippen molar-refractivity contribution >= 4 is 10.2 Å². The summed E-state index contributed by atoms with van der Waals surface area (Å²) >= 11 is 0. The van der Waals surface area contributed by atoms with E-state index in [1.807, 2.05) is 13.8 Å². The summed E-state index contributed by atoms with van der Waals surface area (Å²) in [6.07, 6.45) is 3.09. The van der Waals surface area contributed by atoms with Crippen molar-refractivity contribution in [3.63, 3.8) is 0 Å². The standard InChI is InChI=1S/C11H22N2O3S/c1-11(2)10-16-9-8-13(11)17(14,15)12-6-4-3-5-7-12/h3-10H2,1-2H3. The Morgan fingerprint density at radius 3 is 2.29 bits per heavy atom. The second kappa shape index (κ2) is 4.84. The van der Waals surface area contributed by atoms with Crippen molar-refractivity contribution in [2.45, 2.75) is 38.6 Å². The fourth-order valence-corrected chi connectivity index (χ4v) is 4.49. The molecule has 5 nitrogen and oxygen atoms in total. The van der Waals surface area contributed by atoms with E-state index in [9.17, 15) is 8.42 Å². The van der Waals surface area contributed by atoms with Crippen LogP contribution in [0.5, 0.6) is 0 Å². The number of hydrogen-bond acceptors (Lipinski definition) is 3. The molecule has 2 aliphatic rings. The lowest BCUT2D eigenvalue weighted by Gasteiger charge is -2.43. The van der Waals surface area contributed by atoms with E-state index in [-0.39, 0.29) is 0 Å². The Morgan fingerprint density at radius 2 is 1.71 bits per heavy atom. The van der Waals surface area contributed by atoms with E-state index in [1.54, 1.807) is 8.61 Å². The monoisotopic (exact) mass is 262 g/mol.